The van der Waals surface area contributed by atoms with Gasteiger partial charge >= 0.3 is 6.18 Å². The molecule has 0 spiro atoms. The van der Waals surface area contributed by atoms with E-state index in [-0.39, 0.29) is 10.7 Å². The Morgan fingerprint density at radius 1 is 1.21 bits per heavy atom. The monoisotopic (exact) mass is 388 g/mol. The number of rotatable bonds is 3. The third-order valence-electron chi connectivity index (χ3n) is 3.03. The fourth-order valence-corrected chi connectivity index (χ4v) is 3.80. The fourth-order valence-electron chi connectivity index (χ4n) is 1.92. The van der Waals surface area contributed by atoms with Gasteiger partial charge in [0, 0.05) is 10.9 Å². The zero-order chi connectivity index (χ0) is 17.3. The van der Waals surface area contributed by atoms with Crippen molar-refractivity contribution in [2.75, 3.05) is 5.32 Å². The van der Waals surface area contributed by atoms with E-state index in [2.05, 4.69) is 10.3 Å². The van der Waals surface area contributed by atoms with Crippen molar-refractivity contribution in [1.29, 1.82) is 0 Å². The summed E-state index contributed by atoms with van der Waals surface area (Å²) in [4.78, 5) is 17.1. The molecule has 2 aromatic heterocycles. The molecule has 0 bridgehead atoms. The third-order valence-corrected chi connectivity index (χ3v) is 5.15. The Hall–Kier alpha value is -1.90. The maximum Gasteiger partial charge on any atom is 0.416 e. The van der Waals surface area contributed by atoms with Gasteiger partial charge in [0.15, 0.2) is 5.13 Å². The number of benzene rings is 1. The molecule has 0 unspecified atom stereocenters. The van der Waals surface area contributed by atoms with Gasteiger partial charge in [0.25, 0.3) is 5.91 Å². The number of anilines is 1. The van der Waals surface area contributed by atoms with Crippen molar-refractivity contribution < 1.29 is 18.0 Å². The number of hydrogen-bond acceptors (Lipinski definition) is 4. The van der Waals surface area contributed by atoms with E-state index in [1.165, 1.54) is 34.8 Å². The number of thiazole rings is 1. The molecule has 1 aromatic carbocycles. The van der Waals surface area contributed by atoms with Crippen LogP contribution in [0.3, 0.4) is 0 Å². The number of nitrogens with zero attached hydrogens (tertiary/aromatic N) is 1. The largest absolute Gasteiger partial charge is 0.416 e. The molecule has 124 valence electrons. The van der Waals surface area contributed by atoms with Crippen LogP contribution in [0.4, 0.5) is 18.3 Å². The molecule has 3 rings (SSSR count). The second-order valence-corrected chi connectivity index (χ2v) is 6.85. The van der Waals surface area contributed by atoms with Crippen LogP contribution in [-0.4, -0.2) is 10.9 Å². The third kappa shape index (κ3) is 3.61. The van der Waals surface area contributed by atoms with E-state index < -0.39 is 17.6 Å². The van der Waals surface area contributed by atoms with Crippen molar-refractivity contribution >= 4 is 45.3 Å². The van der Waals surface area contributed by atoms with Crippen LogP contribution in [0.5, 0.6) is 0 Å². The molecule has 3 aromatic rings. The van der Waals surface area contributed by atoms with Gasteiger partial charge in [-0.05, 0) is 29.6 Å². The van der Waals surface area contributed by atoms with E-state index in [0.29, 0.717) is 10.7 Å². The zero-order valence-electron chi connectivity index (χ0n) is 11.7. The van der Waals surface area contributed by atoms with E-state index in [1.54, 1.807) is 11.4 Å². The molecule has 0 atom stereocenters. The van der Waals surface area contributed by atoms with E-state index >= 15 is 0 Å². The highest BCUT2D eigenvalue weighted by Crippen LogP contribution is 2.35. The van der Waals surface area contributed by atoms with Gasteiger partial charge in [-0.3, -0.25) is 10.1 Å². The quantitative estimate of drug-likeness (QED) is 0.616. The number of aromatic nitrogens is 1. The minimum atomic E-state index is -4.50. The molecule has 0 aliphatic heterocycles. The van der Waals surface area contributed by atoms with Gasteiger partial charge in [-0.2, -0.15) is 13.2 Å². The predicted octanol–water partition coefficient (Wildman–Crippen LogP) is 5.80. The van der Waals surface area contributed by atoms with Crippen LogP contribution in [0.1, 0.15) is 15.9 Å². The molecule has 1 amide bonds. The standard InChI is InChI=1S/C15H8ClF3N2OS2/c16-10-4-5-23-12(10)11-7-24-14(20-11)21-13(22)8-2-1-3-9(6-8)15(17,18)19/h1-7H,(H,20,21,22). The first kappa shape index (κ1) is 16.9. The number of alkyl halides is 3. The summed E-state index contributed by atoms with van der Waals surface area (Å²) >= 11 is 8.61. The van der Waals surface area contributed by atoms with Gasteiger partial charge in [0.05, 0.1) is 21.2 Å². The van der Waals surface area contributed by atoms with E-state index in [1.807, 2.05) is 5.38 Å². The fraction of sp³-hybridized carbons (Fsp3) is 0.0667. The Kier molecular flexibility index (Phi) is 4.62. The van der Waals surface area contributed by atoms with Crippen molar-refractivity contribution in [1.82, 2.24) is 4.98 Å². The molecule has 1 N–H and O–H groups in total. The van der Waals surface area contributed by atoms with Crippen LogP contribution < -0.4 is 5.32 Å². The highest BCUT2D eigenvalue weighted by atomic mass is 35.5. The van der Waals surface area contributed by atoms with E-state index in [0.717, 1.165) is 17.0 Å². The van der Waals surface area contributed by atoms with Crippen molar-refractivity contribution in [2.45, 2.75) is 6.18 Å². The molecule has 0 fully saturated rings. The average molecular weight is 389 g/mol. The summed E-state index contributed by atoms with van der Waals surface area (Å²) in [6, 6.07) is 5.96. The van der Waals surface area contributed by atoms with Crippen molar-refractivity contribution in [3.63, 3.8) is 0 Å². The number of hydrogen-bond donors (Lipinski definition) is 1. The lowest BCUT2D eigenvalue weighted by molar-refractivity contribution is -0.137. The molecule has 0 aliphatic rings. The van der Waals surface area contributed by atoms with Gasteiger partial charge in [0.1, 0.15) is 0 Å². The Bertz CT molecular complexity index is 889. The predicted molar refractivity (Wildman–Crippen MR) is 89.8 cm³/mol. The van der Waals surface area contributed by atoms with Gasteiger partial charge < -0.3 is 0 Å². The highest BCUT2D eigenvalue weighted by Gasteiger charge is 2.30. The lowest BCUT2D eigenvalue weighted by Gasteiger charge is -2.08. The Morgan fingerprint density at radius 3 is 2.67 bits per heavy atom. The van der Waals surface area contributed by atoms with Crippen LogP contribution in [0, 0.1) is 0 Å². The SMILES string of the molecule is O=C(Nc1nc(-c2sccc2Cl)cs1)c1cccc(C(F)(F)F)c1. The number of nitrogens with one attached hydrogen (secondary N) is 1. The first-order chi connectivity index (χ1) is 11.3. The van der Waals surface area contributed by atoms with Crippen LogP contribution in [-0.2, 0) is 6.18 Å². The van der Waals surface area contributed by atoms with Gasteiger partial charge in [-0.25, -0.2) is 4.98 Å². The van der Waals surface area contributed by atoms with E-state index in [9.17, 15) is 18.0 Å². The van der Waals surface area contributed by atoms with Crippen molar-refractivity contribution in [3.05, 3.63) is 57.2 Å². The first-order valence-electron chi connectivity index (χ1n) is 6.52. The summed E-state index contributed by atoms with van der Waals surface area (Å²) in [7, 11) is 0. The number of carbonyl (C=O) groups is 1. The molecule has 2 heterocycles. The molecular formula is C15H8ClF3N2OS2. The average Bonchev–Trinajstić information content (AvgIpc) is 3.15. The van der Waals surface area contributed by atoms with Crippen LogP contribution in [0.15, 0.2) is 41.1 Å². The minimum absolute atomic E-state index is 0.0873. The normalized spacial score (nSPS) is 11.5. The molecule has 24 heavy (non-hydrogen) atoms. The van der Waals surface area contributed by atoms with E-state index in [4.69, 9.17) is 11.6 Å². The molecule has 0 saturated heterocycles. The molecular weight excluding hydrogens is 381 g/mol. The van der Waals surface area contributed by atoms with Crippen LogP contribution in [0.25, 0.3) is 10.6 Å². The summed E-state index contributed by atoms with van der Waals surface area (Å²) in [5.74, 6) is -0.653. The van der Waals surface area contributed by atoms with Crippen LogP contribution in [0.2, 0.25) is 5.02 Å². The summed E-state index contributed by atoms with van der Waals surface area (Å²) in [6.07, 6.45) is -4.50. The summed E-state index contributed by atoms with van der Waals surface area (Å²) in [5.41, 5.74) is -0.351. The van der Waals surface area contributed by atoms with Crippen molar-refractivity contribution in [2.24, 2.45) is 0 Å². The molecule has 0 aliphatic carbocycles. The van der Waals surface area contributed by atoms with Gasteiger partial charge in [-0.15, -0.1) is 22.7 Å². The van der Waals surface area contributed by atoms with Gasteiger partial charge in [-0.1, -0.05) is 17.7 Å². The molecule has 3 nitrogen and oxygen atoms in total. The summed E-state index contributed by atoms with van der Waals surface area (Å²) < 4.78 is 38.1. The van der Waals surface area contributed by atoms with Crippen molar-refractivity contribution in [3.8, 4) is 10.6 Å². The lowest BCUT2D eigenvalue weighted by Crippen LogP contribution is -2.13. The molecule has 0 saturated carbocycles. The molecule has 0 radical (unpaired) electrons. The minimum Gasteiger partial charge on any atom is -0.298 e. The smallest absolute Gasteiger partial charge is 0.298 e. The Labute approximate surface area is 147 Å². The van der Waals surface area contributed by atoms with Crippen LogP contribution >= 0.6 is 34.3 Å². The maximum atomic E-state index is 12.7. The molecule has 9 heteroatoms. The number of amides is 1. The first-order valence-corrected chi connectivity index (χ1v) is 8.66. The second kappa shape index (κ2) is 6.54. The Balaban J connectivity index is 1.79. The second-order valence-electron chi connectivity index (χ2n) is 4.67. The number of thiophene rings is 1. The summed E-state index contributed by atoms with van der Waals surface area (Å²) in [6.45, 7) is 0. The number of carbonyl (C=O) groups excluding carboxylic acids is 1. The van der Waals surface area contributed by atoms with Gasteiger partial charge in [0.2, 0.25) is 0 Å². The Morgan fingerprint density at radius 2 is 2.00 bits per heavy atom. The number of halogens is 4. The maximum absolute atomic E-state index is 12.7. The topological polar surface area (TPSA) is 42.0 Å². The summed E-state index contributed by atoms with van der Waals surface area (Å²) in [5, 5.41) is 6.89. The lowest BCUT2D eigenvalue weighted by atomic mass is 10.1. The zero-order valence-corrected chi connectivity index (χ0v) is 14.1. The highest BCUT2D eigenvalue weighted by molar-refractivity contribution is 7.16.